The van der Waals surface area contributed by atoms with Crippen LogP contribution < -0.4 is 0 Å². The van der Waals surface area contributed by atoms with Gasteiger partial charge in [-0.3, -0.25) is 4.98 Å². The molecule has 0 spiro atoms. The first-order valence-electron chi connectivity index (χ1n) is 17.7. The highest BCUT2D eigenvalue weighted by Crippen LogP contribution is 2.37. The van der Waals surface area contributed by atoms with Crippen molar-refractivity contribution in [2.75, 3.05) is 0 Å². The SMILES string of the molecule is c1ccc(-c2cccc(-c3nc(-c4cccc(-c5ccccc5)c4)nc(-c4ccc(-n5c6ccccc6c6c7ccccc7ccc65)cn4)n3)c2)cc1. The lowest BCUT2D eigenvalue weighted by Crippen LogP contribution is -2.02. The van der Waals surface area contributed by atoms with Gasteiger partial charge in [0.05, 0.1) is 22.9 Å². The third kappa shape index (κ3) is 5.52. The van der Waals surface area contributed by atoms with Crippen LogP contribution in [0.1, 0.15) is 0 Å². The Morgan fingerprint density at radius 2 is 0.906 bits per heavy atom. The molecular weight excluding hydrogens is 647 g/mol. The van der Waals surface area contributed by atoms with Crippen molar-refractivity contribution < 1.29 is 0 Å². The van der Waals surface area contributed by atoms with Gasteiger partial charge in [0.25, 0.3) is 0 Å². The van der Waals surface area contributed by atoms with Crippen LogP contribution in [0.25, 0.3) is 94.8 Å². The molecular formula is C48H31N5. The highest BCUT2D eigenvalue weighted by atomic mass is 15.1. The first-order chi connectivity index (χ1) is 26.3. The number of benzene rings is 7. The van der Waals surface area contributed by atoms with Crippen LogP contribution in [0.2, 0.25) is 0 Å². The molecule has 10 aromatic rings. The number of aromatic nitrogens is 5. The summed E-state index contributed by atoms with van der Waals surface area (Å²) in [6.45, 7) is 0. The molecule has 248 valence electrons. The van der Waals surface area contributed by atoms with Gasteiger partial charge in [0.2, 0.25) is 0 Å². The second-order valence-corrected chi connectivity index (χ2v) is 13.1. The van der Waals surface area contributed by atoms with Crippen LogP contribution in [0.15, 0.2) is 188 Å². The standard InChI is InChI=1S/C48H31N5/c1-3-13-32(14-4-1)35-18-11-20-37(29-35)46-50-47(38-21-12-19-36(30-38)33-15-5-2-6-16-33)52-48(51-46)42-27-26-39(31-49-42)53-43-24-10-9-23-41(43)45-40-22-8-7-17-34(40)25-28-44(45)53/h1-31H. The molecule has 0 aliphatic carbocycles. The van der Waals surface area contributed by atoms with Gasteiger partial charge in [0.15, 0.2) is 17.5 Å². The predicted molar refractivity (Wildman–Crippen MR) is 217 cm³/mol. The minimum absolute atomic E-state index is 0.514. The van der Waals surface area contributed by atoms with Gasteiger partial charge in [-0.25, -0.2) is 15.0 Å². The molecule has 0 amide bonds. The van der Waals surface area contributed by atoms with Crippen LogP contribution in [-0.2, 0) is 0 Å². The summed E-state index contributed by atoms with van der Waals surface area (Å²) in [4.78, 5) is 20.2. The van der Waals surface area contributed by atoms with Crippen molar-refractivity contribution >= 4 is 32.6 Å². The fourth-order valence-corrected chi connectivity index (χ4v) is 7.35. The molecule has 7 aromatic carbocycles. The summed E-state index contributed by atoms with van der Waals surface area (Å²) in [7, 11) is 0. The quantitative estimate of drug-likeness (QED) is 0.176. The normalized spacial score (nSPS) is 11.4. The summed E-state index contributed by atoms with van der Waals surface area (Å²) in [5, 5.41) is 4.92. The fraction of sp³-hybridized carbons (Fsp3) is 0. The number of para-hydroxylation sites is 1. The van der Waals surface area contributed by atoms with E-state index in [1.165, 1.54) is 21.5 Å². The smallest absolute Gasteiger partial charge is 0.182 e. The van der Waals surface area contributed by atoms with Gasteiger partial charge < -0.3 is 4.57 Å². The summed E-state index contributed by atoms with van der Waals surface area (Å²) < 4.78 is 2.29. The second-order valence-electron chi connectivity index (χ2n) is 13.1. The van der Waals surface area contributed by atoms with E-state index in [9.17, 15) is 0 Å². The zero-order valence-corrected chi connectivity index (χ0v) is 28.6. The molecule has 3 heterocycles. The molecule has 5 heteroatoms. The van der Waals surface area contributed by atoms with E-state index >= 15 is 0 Å². The van der Waals surface area contributed by atoms with Crippen LogP contribution in [0.5, 0.6) is 0 Å². The van der Waals surface area contributed by atoms with E-state index in [-0.39, 0.29) is 0 Å². The lowest BCUT2D eigenvalue weighted by molar-refractivity contribution is 1.05. The maximum atomic E-state index is 5.07. The van der Waals surface area contributed by atoms with Gasteiger partial charge >= 0.3 is 0 Å². The molecule has 53 heavy (non-hydrogen) atoms. The van der Waals surface area contributed by atoms with E-state index in [2.05, 4.69) is 168 Å². The second kappa shape index (κ2) is 12.8. The Hall–Kier alpha value is -7.24. The zero-order chi connectivity index (χ0) is 35.1. The summed E-state index contributed by atoms with van der Waals surface area (Å²) in [5.41, 5.74) is 10.2. The Bertz CT molecular complexity index is 2830. The van der Waals surface area contributed by atoms with Crippen molar-refractivity contribution in [3.8, 4) is 62.2 Å². The highest BCUT2D eigenvalue weighted by molar-refractivity contribution is 6.21. The minimum atomic E-state index is 0.514. The maximum Gasteiger partial charge on any atom is 0.182 e. The summed E-state index contributed by atoms with van der Waals surface area (Å²) >= 11 is 0. The third-order valence-electron chi connectivity index (χ3n) is 9.89. The molecule has 3 aromatic heterocycles. The average Bonchev–Trinajstić information content (AvgIpc) is 3.59. The molecule has 0 atom stereocenters. The summed E-state index contributed by atoms with van der Waals surface area (Å²) in [5.74, 6) is 1.70. The largest absolute Gasteiger partial charge is 0.308 e. The molecule has 0 fully saturated rings. The molecule has 0 saturated carbocycles. The lowest BCUT2D eigenvalue weighted by Gasteiger charge is -2.11. The van der Waals surface area contributed by atoms with E-state index < -0.39 is 0 Å². The topological polar surface area (TPSA) is 56.5 Å². The third-order valence-corrected chi connectivity index (χ3v) is 9.89. The van der Waals surface area contributed by atoms with Crippen molar-refractivity contribution in [3.63, 3.8) is 0 Å². The van der Waals surface area contributed by atoms with Crippen LogP contribution in [0.3, 0.4) is 0 Å². The van der Waals surface area contributed by atoms with Crippen LogP contribution in [-0.4, -0.2) is 24.5 Å². The van der Waals surface area contributed by atoms with Crippen LogP contribution in [0, 0.1) is 0 Å². The molecule has 0 saturated heterocycles. The highest BCUT2D eigenvalue weighted by Gasteiger charge is 2.17. The van der Waals surface area contributed by atoms with Crippen molar-refractivity contribution in [1.29, 1.82) is 0 Å². The molecule has 0 radical (unpaired) electrons. The van der Waals surface area contributed by atoms with E-state index in [0.717, 1.165) is 50.1 Å². The molecule has 5 nitrogen and oxygen atoms in total. The van der Waals surface area contributed by atoms with Crippen molar-refractivity contribution in [2.45, 2.75) is 0 Å². The van der Waals surface area contributed by atoms with E-state index in [0.29, 0.717) is 23.2 Å². The van der Waals surface area contributed by atoms with E-state index in [1.807, 2.05) is 24.4 Å². The minimum Gasteiger partial charge on any atom is -0.308 e. The first kappa shape index (κ1) is 30.6. The number of pyridine rings is 1. The van der Waals surface area contributed by atoms with Crippen molar-refractivity contribution in [3.05, 3.63) is 188 Å². The Morgan fingerprint density at radius 3 is 1.55 bits per heavy atom. The predicted octanol–water partition coefficient (Wildman–Crippen LogP) is 11.9. The summed E-state index contributed by atoms with van der Waals surface area (Å²) in [6.07, 6.45) is 1.92. The Labute approximate surface area is 306 Å². The van der Waals surface area contributed by atoms with Gasteiger partial charge in [0.1, 0.15) is 5.69 Å². The van der Waals surface area contributed by atoms with Crippen molar-refractivity contribution in [2.24, 2.45) is 0 Å². The van der Waals surface area contributed by atoms with Crippen LogP contribution in [0.4, 0.5) is 0 Å². The first-order valence-corrected chi connectivity index (χ1v) is 17.7. The number of fused-ring (bicyclic) bond motifs is 5. The van der Waals surface area contributed by atoms with Gasteiger partial charge in [-0.05, 0) is 69.4 Å². The maximum absolute atomic E-state index is 5.07. The van der Waals surface area contributed by atoms with Gasteiger partial charge in [-0.1, -0.05) is 146 Å². The zero-order valence-electron chi connectivity index (χ0n) is 28.6. The number of rotatable bonds is 6. The Morgan fingerprint density at radius 1 is 0.358 bits per heavy atom. The molecule has 0 aliphatic heterocycles. The number of nitrogens with zero attached hydrogens (tertiary/aromatic N) is 5. The molecule has 10 rings (SSSR count). The van der Waals surface area contributed by atoms with Gasteiger partial charge in [-0.2, -0.15) is 0 Å². The average molecular weight is 678 g/mol. The molecule has 0 bridgehead atoms. The number of hydrogen-bond acceptors (Lipinski definition) is 4. The summed E-state index contributed by atoms with van der Waals surface area (Å²) in [6, 6.07) is 63.1. The van der Waals surface area contributed by atoms with Crippen LogP contribution >= 0.6 is 0 Å². The van der Waals surface area contributed by atoms with Gasteiger partial charge in [0, 0.05) is 21.9 Å². The molecule has 0 unspecified atom stereocenters. The Balaban J connectivity index is 1.11. The molecule has 0 aliphatic rings. The lowest BCUT2D eigenvalue weighted by atomic mass is 10.0. The molecule has 0 N–H and O–H groups in total. The van der Waals surface area contributed by atoms with E-state index in [1.54, 1.807) is 0 Å². The van der Waals surface area contributed by atoms with Crippen molar-refractivity contribution in [1.82, 2.24) is 24.5 Å². The fourth-order valence-electron chi connectivity index (χ4n) is 7.35. The monoisotopic (exact) mass is 677 g/mol. The number of hydrogen-bond donors (Lipinski definition) is 0. The van der Waals surface area contributed by atoms with E-state index in [4.69, 9.17) is 19.9 Å². The Kier molecular flexibility index (Phi) is 7.40. The van der Waals surface area contributed by atoms with Gasteiger partial charge in [-0.15, -0.1) is 0 Å².